The average Bonchev–Trinajstić information content (AvgIpc) is 3.42. The van der Waals surface area contributed by atoms with Crippen molar-refractivity contribution >= 4 is 45.9 Å². The summed E-state index contributed by atoms with van der Waals surface area (Å²) in [5, 5.41) is 19.1. The molecular weight excluding hydrogens is 520 g/mol. The summed E-state index contributed by atoms with van der Waals surface area (Å²) in [4.78, 5) is 35.0. The molecule has 10 nitrogen and oxygen atoms in total. The van der Waals surface area contributed by atoms with E-state index in [1.807, 2.05) is 43.3 Å². The first-order valence-corrected chi connectivity index (χ1v) is 13.2. The van der Waals surface area contributed by atoms with Gasteiger partial charge in [0.05, 0.1) is 16.0 Å². The standard InChI is InChI=1S/C28H29ClN6O4/c1-34(2)26-20-5-3-4-6-22(20)32-28(33-26)31-19-10-7-17(8-11-19)16-30-27(36)25-14-13-24(39-25)21-12-9-18(29)15-23(21)35(37)38/h3-6,9,12-15,17,19H,7-8,10-11,16H2,1-2H3,(H,30,36)(H,31,32,33). The van der Waals surface area contributed by atoms with Crippen LogP contribution < -0.4 is 15.5 Å². The van der Waals surface area contributed by atoms with Crippen molar-refractivity contribution in [2.45, 2.75) is 31.7 Å². The van der Waals surface area contributed by atoms with Crippen LogP contribution in [0.15, 0.2) is 59.0 Å². The van der Waals surface area contributed by atoms with Gasteiger partial charge in [0.1, 0.15) is 11.6 Å². The molecule has 0 unspecified atom stereocenters. The Labute approximate surface area is 230 Å². The Morgan fingerprint density at radius 3 is 2.62 bits per heavy atom. The van der Waals surface area contributed by atoms with Gasteiger partial charge in [-0.2, -0.15) is 4.98 Å². The number of benzene rings is 2. The first-order valence-electron chi connectivity index (χ1n) is 12.8. The van der Waals surface area contributed by atoms with Gasteiger partial charge in [0.25, 0.3) is 11.6 Å². The number of hydrogen-bond donors (Lipinski definition) is 2. The molecule has 4 aromatic rings. The lowest BCUT2D eigenvalue weighted by atomic mass is 9.86. The molecule has 1 saturated carbocycles. The van der Waals surface area contributed by atoms with Gasteiger partial charge in [-0.25, -0.2) is 4.98 Å². The number of nitrogens with zero attached hydrogens (tertiary/aromatic N) is 4. The predicted octanol–water partition coefficient (Wildman–Crippen LogP) is 5.92. The van der Waals surface area contributed by atoms with Crippen LogP contribution in [0.5, 0.6) is 0 Å². The number of anilines is 2. The molecule has 1 aliphatic carbocycles. The van der Waals surface area contributed by atoms with Crippen LogP contribution in [-0.2, 0) is 0 Å². The monoisotopic (exact) mass is 548 g/mol. The molecule has 2 aromatic heterocycles. The lowest BCUT2D eigenvalue weighted by molar-refractivity contribution is -0.384. The summed E-state index contributed by atoms with van der Waals surface area (Å²) in [6.45, 7) is 0.528. The van der Waals surface area contributed by atoms with Gasteiger partial charge in [0, 0.05) is 43.2 Å². The van der Waals surface area contributed by atoms with Crippen LogP contribution in [0.3, 0.4) is 0 Å². The Kier molecular flexibility index (Phi) is 7.65. The molecule has 0 aliphatic heterocycles. The van der Waals surface area contributed by atoms with Gasteiger partial charge in [-0.05, 0) is 68.0 Å². The average molecular weight is 549 g/mol. The lowest BCUT2D eigenvalue weighted by Gasteiger charge is -2.29. The highest BCUT2D eigenvalue weighted by molar-refractivity contribution is 6.30. The minimum absolute atomic E-state index is 0.106. The summed E-state index contributed by atoms with van der Waals surface area (Å²) in [6.07, 6.45) is 3.79. The maximum Gasteiger partial charge on any atom is 0.287 e. The van der Waals surface area contributed by atoms with E-state index < -0.39 is 4.92 Å². The third-order valence-electron chi connectivity index (χ3n) is 6.99. The van der Waals surface area contributed by atoms with E-state index in [9.17, 15) is 14.9 Å². The summed E-state index contributed by atoms with van der Waals surface area (Å²) in [7, 11) is 3.95. The number of nitro benzene ring substituents is 1. The number of carbonyl (C=O) groups is 1. The van der Waals surface area contributed by atoms with E-state index in [-0.39, 0.29) is 39.7 Å². The van der Waals surface area contributed by atoms with E-state index in [0.717, 1.165) is 42.4 Å². The molecule has 0 spiro atoms. The van der Waals surface area contributed by atoms with Crippen molar-refractivity contribution in [2.75, 3.05) is 30.9 Å². The number of nitrogens with one attached hydrogen (secondary N) is 2. The van der Waals surface area contributed by atoms with Crippen molar-refractivity contribution in [3.63, 3.8) is 0 Å². The SMILES string of the molecule is CN(C)c1nc(NC2CCC(CNC(=O)c3ccc(-c4ccc(Cl)cc4[N+](=O)[O-])o3)CC2)nc2ccccc12. The first kappa shape index (κ1) is 26.4. The maximum absolute atomic E-state index is 12.7. The third-order valence-corrected chi connectivity index (χ3v) is 7.22. The van der Waals surface area contributed by atoms with Gasteiger partial charge in [-0.1, -0.05) is 23.7 Å². The van der Waals surface area contributed by atoms with E-state index in [4.69, 9.17) is 26.0 Å². The highest BCUT2D eigenvalue weighted by Crippen LogP contribution is 2.33. The number of carbonyl (C=O) groups excluding carboxylic acids is 1. The smallest absolute Gasteiger partial charge is 0.287 e. The number of rotatable bonds is 8. The second kappa shape index (κ2) is 11.3. The van der Waals surface area contributed by atoms with Gasteiger partial charge in [-0.15, -0.1) is 0 Å². The fourth-order valence-electron chi connectivity index (χ4n) is 4.95. The van der Waals surface area contributed by atoms with Gasteiger partial charge in [-0.3, -0.25) is 14.9 Å². The van der Waals surface area contributed by atoms with Crippen LogP contribution >= 0.6 is 11.6 Å². The molecule has 11 heteroatoms. The number of halogens is 1. The molecule has 0 atom stereocenters. The highest BCUT2D eigenvalue weighted by atomic mass is 35.5. The molecule has 1 amide bonds. The molecule has 0 radical (unpaired) electrons. The molecule has 202 valence electrons. The zero-order chi connectivity index (χ0) is 27.5. The molecule has 2 heterocycles. The second-order valence-corrected chi connectivity index (χ2v) is 10.4. The van der Waals surface area contributed by atoms with Gasteiger partial charge in [0.15, 0.2) is 5.76 Å². The summed E-state index contributed by atoms with van der Waals surface area (Å²) >= 11 is 5.90. The minimum atomic E-state index is -0.526. The normalized spacial score (nSPS) is 17.1. The molecule has 2 N–H and O–H groups in total. The van der Waals surface area contributed by atoms with Crippen LogP contribution in [0.25, 0.3) is 22.2 Å². The number of fused-ring (bicyclic) bond motifs is 1. The van der Waals surface area contributed by atoms with Gasteiger partial charge in [0.2, 0.25) is 5.95 Å². The Morgan fingerprint density at radius 2 is 1.87 bits per heavy atom. The Morgan fingerprint density at radius 1 is 1.10 bits per heavy atom. The predicted molar refractivity (Wildman–Crippen MR) is 151 cm³/mol. The molecule has 0 saturated heterocycles. The van der Waals surface area contributed by atoms with Crippen LogP contribution in [0, 0.1) is 16.0 Å². The van der Waals surface area contributed by atoms with Crippen molar-refractivity contribution < 1.29 is 14.1 Å². The fourth-order valence-corrected chi connectivity index (χ4v) is 5.12. The molecule has 5 rings (SSSR count). The topological polar surface area (TPSA) is 126 Å². The van der Waals surface area contributed by atoms with Crippen LogP contribution in [0.4, 0.5) is 17.5 Å². The number of amides is 1. The van der Waals surface area contributed by atoms with Crippen LogP contribution in [0.1, 0.15) is 36.2 Å². The Hall–Kier alpha value is -4.18. The van der Waals surface area contributed by atoms with E-state index in [2.05, 4.69) is 10.6 Å². The molecular formula is C28H29ClN6O4. The quantitative estimate of drug-likeness (QED) is 0.205. The molecule has 2 aromatic carbocycles. The Balaban J connectivity index is 1.15. The lowest BCUT2D eigenvalue weighted by Crippen LogP contribution is -2.34. The summed E-state index contributed by atoms with van der Waals surface area (Å²) in [6, 6.07) is 15.6. The van der Waals surface area contributed by atoms with Crippen molar-refractivity contribution in [3.05, 3.63) is 75.5 Å². The zero-order valence-corrected chi connectivity index (χ0v) is 22.4. The molecule has 39 heavy (non-hydrogen) atoms. The van der Waals surface area contributed by atoms with Gasteiger partial charge >= 0.3 is 0 Å². The maximum atomic E-state index is 12.7. The third kappa shape index (κ3) is 5.96. The van der Waals surface area contributed by atoms with Crippen molar-refractivity contribution in [2.24, 2.45) is 5.92 Å². The molecule has 1 aliphatic rings. The number of nitro groups is 1. The largest absolute Gasteiger partial charge is 0.451 e. The van der Waals surface area contributed by atoms with Crippen molar-refractivity contribution in [3.8, 4) is 11.3 Å². The summed E-state index contributed by atoms with van der Waals surface area (Å²) in [5.41, 5.74) is 0.991. The molecule has 1 fully saturated rings. The van der Waals surface area contributed by atoms with Crippen LogP contribution in [-0.4, -0.2) is 47.5 Å². The van der Waals surface area contributed by atoms with E-state index >= 15 is 0 Å². The van der Waals surface area contributed by atoms with Crippen molar-refractivity contribution in [1.29, 1.82) is 0 Å². The van der Waals surface area contributed by atoms with E-state index in [1.54, 1.807) is 12.1 Å². The number of para-hydroxylation sites is 1. The summed E-state index contributed by atoms with van der Waals surface area (Å²) in [5.74, 6) is 1.85. The van der Waals surface area contributed by atoms with Crippen molar-refractivity contribution in [1.82, 2.24) is 15.3 Å². The number of hydrogen-bond acceptors (Lipinski definition) is 8. The van der Waals surface area contributed by atoms with Gasteiger partial charge < -0.3 is 20.0 Å². The van der Waals surface area contributed by atoms with Crippen LogP contribution in [0.2, 0.25) is 5.02 Å². The van der Waals surface area contributed by atoms with E-state index in [1.165, 1.54) is 18.2 Å². The fraction of sp³-hybridized carbons (Fsp3) is 0.321. The first-order chi connectivity index (χ1) is 18.8. The second-order valence-electron chi connectivity index (χ2n) is 9.94. The number of furan rings is 1. The minimum Gasteiger partial charge on any atom is -0.451 e. The highest BCUT2D eigenvalue weighted by Gasteiger charge is 2.24. The van der Waals surface area contributed by atoms with E-state index in [0.29, 0.717) is 18.4 Å². The Bertz CT molecular complexity index is 1510. The molecule has 0 bridgehead atoms. The summed E-state index contributed by atoms with van der Waals surface area (Å²) < 4.78 is 5.66. The zero-order valence-electron chi connectivity index (χ0n) is 21.7. The number of aromatic nitrogens is 2.